The molecular formula is C19H17F3N4O4S. The summed E-state index contributed by atoms with van der Waals surface area (Å²) < 4.78 is 72.4. The van der Waals surface area contributed by atoms with Gasteiger partial charge in [0.2, 0.25) is 15.9 Å². The molecule has 1 atom stereocenters. The molecule has 4 rings (SSSR count). The average molecular weight is 454 g/mol. The summed E-state index contributed by atoms with van der Waals surface area (Å²) in [5, 5.41) is 10.0. The number of aliphatic hydroxyl groups excluding tert-OH is 1. The smallest absolute Gasteiger partial charge is 0.416 e. The lowest BCUT2D eigenvalue weighted by atomic mass is 10.2. The first-order chi connectivity index (χ1) is 14.6. The van der Waals surface area contributed by atoms with Gasteiger partial charge in [-0.3, -0.25) is 0 Å². The second-order valence-corrected chi connectivity index (χ2v) is 8.72. The maximum absolute atomic E-state index is 12.8. The van der Waals surface area contributed by atoms with E-state index in [0.717, 1.165) is 30.5 Å². The minimum absolute atomic E-state index is 0.0407. The van der Waals surface area contributed by atoms with Gasteiger partial charge in [-0.15, -0.1) is 0 Å². The zero-order valence-electron chi connectivity index (χ0n) is 16.1. The molecule has 1 aliphatic rings. The predicted molar refractivity (Wildman–Crippen MR) is 103 cm³/mol. The van der Waals surface area contributed by atoms with E-state index in [1.807, 2.05) is 0 Å². The molecule has 1 unspecified atom stereocenters. The van der Waals surface area contributed by atoms with Crippen LogP contribution < -0.4 is 9.46 Å². The van der Waals surface area contributed by atoms with Gasteiger partial charge >= 0.3 is 6.18 Å². The molecule has 0 amide bonds. The number of hydrogen-bond donors (Lipinski definition) is 2. The number of alkyl halides is 3. The van der Waals surface area contributed by atoms with Gasteiger partial charge in [0.15, 0.2) is 0 Å². The molecule has 3 heterocycles. The Balaban J connectivity index is 1.76. The van der Waals surface area contributed by atoms with E-state index < -0.39 is 27.9 Å². The number of ether oxygens (including phenoxy) is 1. The van der Waals surface area contributed by atoms with E-state index >= 15 is 0 Å². The van der Waals surface area contributed by atoms with Gasteiger partial charge < -0.3 is 14.4 Å². The van der Waals surface area contributed by atoms with E-state index in [0.29, 0.717) is 24.5 Å². The number of nitrogens with one attached hydrogen (secondary N) is 1. The van der Waals surface area contributed by atoms with Crippen LogP contribution in [0.1, 0.15) is 23.9 Å². The summed E-state index contributed by atoms with van der Waals surface area (Å²) in [5.41, 5.74) is -0.301. The summed E-state index contributed by atoms with van der Waals surface area (Å²) in [6.45, 7) is 0.542. The molecule has 0 bridgehead atoms. The van der Waals surface area contributed by atoms with Crippen LogP contribution in [0.15, 0.2) is 47.6 Å². The lowest BCUT2D eigenvalue weighted by molar-refractivity contribution is -0.137. The summed E-state index contributed by atoms with van der Waals surface area (Å²) in [5.74, 6) is 0.469. The van der Waals surface area contributed by atoms with Gasteiger partial charge in [0.05, 0.1) is 23.0 Å². The summed E-state index contributed by atoms with van der Waals surface area (Å²) >= 11 is 0. The molecule has 12 heteroatoms. The zero-order chi connectivity index (χ0) is 22.4. The summed E-state index contributed by atoms with van der Waals surface area (Å²) in [7, 11) is -2.57. The minimum atomic E-state index is -4.48. The molecule has 2 N–H and O–H groups in total. The van der Waals surface area contributed by atoms with Crippen LogP contribution >= 0.6 is 0 Å². The average Bonchev–Trinajstić information content (AvgIpc) is 3.30. The van der Waals surface area contributed by atoms with Crippen molar-refractivity contribution in [1.82, 2.24) is 19.3 Å². The highest BCUT2D eigenvalue weighted by Gasteiger charge is 2.30. The van der Waals surface area contributed by atoms with E-state index in [2.05, 4.69) is 14.7 Å². The van der Waals surface area contributed by atoms with E-state index in [4.69, 9.17) is 4.74 Å². The van der Waals surface area contributed by atoms with Crippen LogP contribution in [0.25, 0.3) is 11.3 Å². The fourth-order valence-corrected chi connectivity index (χ4v) is 3.88. The molecule has 0 aliphatic carbocycles. The van der Waals surface area contributed by atoms with Crippen molar-refractivity contribution in [1.29, 1.82) is 0 Å². The number of aliphatic hydroxyl groups is 1. The molecular weight excluding hydrogens is 437 g/mol. The summed E-state index contributed by atoms with van der Waals surface area (Å²) in [6.07, 6.45) is -2.00. The van der Waals surface area contributed by atoms with Gasteiger partial charge in [0.25, 0.3) is 0 Å². The maximum atomic E-state index is 12.8. The number of benzene rings is 1. The summed E-state index contributed by atoms with van der Waals surface area (Å²) in [6, 6.07) is 5.34. The summed E-state index contributed by atoms with van der Waals surface area (Å²) in [4.78, 5) is 8.29. The fraction of sp³-hybridized carbons (Fsp3) is 0.263. The first kappa shape index (κ1) is 21.3. The Morgan fingerprint density at radius 1 is 1.26 bits per heavy atom. The van der Waals surface area contributed by atoms with Crippen molar-refractivity contribution in [3.8, 4) is 22.9 Å². The Labute approximate surface area is 175 Å². The maximum Gasteiger partial charge on any atom is 0.416 e. The molecule has 1 aliphatic heterocycles. The number of halogens is 3. The van der Waals surface area contributed by atoms with Crippen molar-refractivity contribution in [2.45, 2.75) is 30.1 Å². The third-order valence-corrected chi connectivity index (χ3v) is 6.21. The van der Waals surface area contributed by atoms with Crippen LogP contribution in [-0.2, 0) is 22.7 Å². The lowest BCUT2D eigenvalue weighted by Gasteiger charge is -2.12. The molecule has 0 saturated heterocycles. The SMILES string of the molecule is CNS(=O)(=O)c1cnc(Oc2ccc(C(F)(F)F)cc2)c(-c2cn3c(n2)C(O)CC3)c1. The van der Waals surface area contributed by atoms with E-state index in [1.165, 1.54) is 13.1 Å². The second-order valence-electron chi connectivity index (χ2n) is 6.84. The Hall–Kier alpha value is -2.96. The van der Waals surface area contributed by atoms with Crippen molar-refractivity contribution in [2.75, 3.05) is 7.05 Å². The number of hydrogen-bond acceptors (Lipinski definition) is 6. The molecule has 8 nitrogen and oxygen atoms in total. The van der Waals surface area contributed by atoms with Crippen LogP contribution in [0.4, 0.5) is 13.2 Å². The van der Waals surface area contributed by atoms with Crippen LogP contribution in [0.2, 0.25) is 0 Å². The molecule has 1 aromatic carbocycles. The predicted octanol–water partition coefficient (Wildman–Crippen LogP) is 3.10. The number of rotatable bonds is 5. The number of aryl methyl sites for hydroxylation is 1. The van der Waals surface area contributed by atoms with Gasteiger partial charge in [0.1, 0.15) is 22.6 Å². The highest BCUT2D eigenvalue weighted by Crippen LogP contribution is 2.36. The van der Waals surface area contributed by atoms with E-state index in [1.54, 1.807) is 10.8 Å². The Bertz CT molecular complexity index is 1220. The zero-order valence-corrected chi connectivity index (χ0v) is 16.9. The van der Waals surface area contributed by atoms with Crippen molar-refractivity contribution < 1.29 is 31.4 Å². The second kappa shape index (κ2) is 7.62. The van der Waals surface area contributed by atoms with Crippen molar-refractivity contribution in [3.63, 3.8) is 0 Å². The molecule has 0 radical (unpaired) electrons. The molecule has 0 saturated carbocycles. The number of imidazole rings is 1. The van der Waals surface area contributed by atoms with E-state index in [9.17, 15) is 26.7 Å². The number of sulfonamides is 1. The molecule has 0 spiro atoms. The Morgan fingerprint density at radius 3 is 2.58 bits per heavy atom. The van der Waals surface area contributed by atoms with Crippen LogP contribution in [0.3, 0.4) is 0 Å². The molecule has 3 aromatic rings. The highest BCUT2D eigenvalue weighted by atomic mass is 32.2. The molecule has 164 valence electrons. The largest absolute Gasteiger partial charge is 0.438 e. The van der Waals surface area contributed by atoms with Crippen molar-refractivity contribution in [2.24, 2.45) is 0 Å². The lowest BCUT2D eigenvalue weighted by Crippen LogP contribution is -2.18. The monoisotopic (exact) mass is 454 g/mol. The third-order valence-electron chi connectivity index (χ3n) is 4.83. The van der Waals surface area contributed by atoms with Crippen LogP contribution in [-0.4, -0.2) is 35.1 Å². The first-order valence-corrected chi connectivity index (χ1v) is 10.6. The van der Waals surface area contributed by atoms with Gasteiger partial charge in [-0.2, -0.15) is 13.2 Å². The Morgan fingerprint density at radius 2 is 1.97 bits per heavy atom. The number of fused-ring (bicyclic) bond motifs is 1. The quantitative estimate of drug-likeness (QED) is 0.614. The first-order valence-electron chi connectivity index (χ1n) is 9.13. The van der Waals surface area contributed by atoms with E-state index in [-0.39, 0.29) is 22.1 Å². The fourth-order valence-electron chi connectivity index (χ4n) is 3.18. The van der Waals surface area contributed by atoms with Gasteiger partial charge in [-0.25, -0.2) is 23.1 Å². The molecule has 2 aromatic heterocycles. The molecule has 0 fully saturated rings. The number of aromatic nitrogens is 3. The standard InChI is InChI=1S/C19H17F3N4O4S/c1-23-31(28,29)13-8-14(15-10-26-7-6-16(27)17(26)25-15)18(24-9-13)30-12-4-2-11(3-5-12)19(20,21)22/h2-5,8-10,16,23,27H,6-7H2,1H3. The van der Waals surface area contributed by atoms with Crippen LogP contribution in [0.5, 0.6) is 11.6 Å². The van der Waals surface area contributed by atoms with Gasteiger partial charge in [0, 0.05) is 12.7 Å². The van der Waals surface area contributed by atoms with Crippen LogP contribution in [0, 0.1) is 0 Å². The molecule has 31 heavy (non-hydrogen) atoms. The van der Waals surface area contributed by atoms with Gasteiger partial charge in [-0.05, 0) is 43.8 Å². The normalized spacial score (nSPS) is 16.4. The van der Waals surface area contributed by atoms with Crippen molar-refractivity contribution >= 4 is 10.0 Å². The number of pyridine rings is 1. The highest BCUT2D eigenvalue weighted by molar-refractivity contribution is 7.89. The van der Waals surface area contributed by atoms with Gasteiger partial charge in [-0.1, -0.05) is 0 Å². The topological polar surface area (TPSA) is 106 Å². The Kier molecular flexibility index (Phi) is 5.23. The number of nitrogens with zero attached hydrogens (tertiary/aromatic N) is 3. The minimum Gasteiger partial charge on any atom is -0.438 e. The van der Waals surface area contributed by atoms with Crippen molar-refractivity contribution in [3.05, 3.63) is 54.1 Å². The third kappa shape index (κ3) is 4.13.